The van der Waals surface area contributed by atoms with Gasteiger partial charge < -0.3 is 4.74 Å². The van der Waals surface area contributed by atoms with E-state index >= 15 is 0 Å². The molecule has 2 heteroatoms. The van der Waals surface area contributed by atoms with E-state index < -0.39 is 0 Å². The predicted molar refractivity (Wildman–Crippen MR) is 79.2 cm³/mol. The Labute approximate surface area is 117 Å². The van der Waals surface area contributed by atoms with Gasteiger partial charge in [-0.15, -0.1) is 0 Å². The van der Waals surface area contributed by atoms with E-state index in [2.05, 4.69) is 26.0 Å². The average molecular weight is 262 g/mol. The largest absolute Gasteiger partial charge is 0.463 e. The van der Waals surface area contributed by atoms with Crippen LogP contribution in [0.2, 0.25) is 0 Å². The molecule has 19 heavy (non-hydrogen) atoms. The number of carbonyl (C=O) groups is 1. The smallest absolute Gasteiger partial charge is 0.306 e. The van der Waals surface area contributed by atoms with Crippen molar-refractivity contribution >= 4 is 5.97 Å². The molecule has 0 fully saturated rings. The van der Waals surface area contributed by atoms with Crippen LogP contribution in [0.15, 0.2) is 30.3 Å². The number of rotatable bonds is 8. The molecule has 0 heterocycles. The molecule has 2 atom stereocenters. The van der Waals surface area contributed by atoms with E-state index in [1.165, 1.54) is 18.4 Å². The first-order chi connectivity index (χ1) is 9.13. The lowest BCUT2D eigenvalue weighted by atomic mass is 9.98. The lowest BCUT2D eigenvalue weighted by molar-refractivity contribution is -0.148. The van der Waals surface area contributed by atoms with E-state index in [-0.39, 0.29) is 18.0 Å². The summed E-state index contributed by atoms with van der Waals surface area (Å²) in [5, 5.41) is 0. The molecule has 1 rings (SSSR count). The number of esters is 1. The highest BCUT2D eigenvalue weighted by Crippen LogP contribution is 2.19. The van der Waals surface area contributed by atoms with E-state index in [4.69, 9.17) is 4.74 Å². The van der Waals surface area contributed by atoms with Gasteiger partial charge in [-0.25, -0.2) is 0 Å². The highest BCUT2D eigenvalue weighted by atomic mass is 16.5. The lowest BCUT2D eigenvalue weighted by Crippen LogP contribution is -2.16. The third-order valence-corrected chi connectivity index (χ3v) is 3.39. The highest BCUT2D eigenvalue weighted by Gasteiger charge is 2.14. The molecule has 0 aliphatic heterocycles. The van der Waals surface area contributed by atoms with Crippen LogP contribution < -0.4 is 0 Å². The Bertz CT molecular complexity index is 359. The minimum absolute atomic E-state index is 0.0435. The predicted octanol–water partition coefficient (Wildman–Crippen LogP) is 4.69. The maximum absolute atomic E-state index is 11.8. The van der Waals surface area contributed by atoms with Gasteiger partial charge in [-0.1, -0.05) is 57.0 Å². The van der Waals surface area contributed by atoms with Crippen LogP contribution in [0.3, 0.4) is 0 Å². The molecule has 106 valence electrons. The normalized spacial score (nSPS) is 13.8. The van der Waals surface area contributed by atoms with Crippen LogP contribution in [-0.2, 0) is 9.53 Å². The van der Waals surface area contributed by atoms with E-state index in [1.54, 1.807) is 0 Å². The van der Waals surface area contributed by atoms with Crippen LogP contribution >= 0.6 is 0 Å². The van der Waals surface area contributed by atoms with E-state index in [0.717, 1.165) is 12.8 Å². The Morgan fingerprint density at radius 3 is 2.47 bits per heavy atom. The van der Waals surface area contributed by atoms with Crippen molar-refractivity contribution in [1.29, 1.82) is 0 Å². The van der Waals surface area contributed by atoms with Crippen molar-refractivity contribution in [3.05, 3.63) is 35.9 Å². The molecule has 0 N–H and O–H groups in total. The van der Waals surface area contributed by atoms with Crippen LogP contribution in [0.25, 0.3) is 0 Å². The topological polar surface area (TPSA) is 26.3 Å². The summed E-state index contributed by atoms with van der Waals surface area (Å²) >= 11 is 0. The maximum atomic E-state index is 11.8. The van der Waals surface area contributed by atoms with E-state index in [9.17, 15) is 4.79 Å². The van der Waals surface area contributed by atoms with Crippen molar-refractivity contribution in [2.24, 2.45) is 0 Å². The molecule has 0 aliphatic carbocycles. The standard InChI is InChI=1S/C17H26O2/c1-4-5-7-10-15(3)19-17(18)13-14(2)16-11-8-6-9-12-16/h6,8-9,11-12,14-15H,4-5,7,10,13H2,1-3H3. The first-order valence-electron chi connectivity index (χ1n) is 7.38. The summed E-state index contributed by atoms with van der Waals surface area (Å²) in [4.78, 5) is 11.8. The molecule has 2 nitrogen and oxygen atoms in total. The summed E-state index contributed by atoms with van der Waals surface area (Å²) < 4.78 is 5.45. The van der Waals surface area contributed by atoms with Crippen molar-refractivity contribution in [2.45, 2.75) is 64.9 Å². The van der Waals surface area contributed by atoms with Gasteiger partial charge in [0.25, 0.3) is 0 Å². The molecule has 1 aromatic carbocycles. The molecule has 0 saturated heterocycles. The van der Waals surface area contributed by atoms with Crippen LogP contribution in [-0.4, -0.2) is 12.1 Å². The zero-order chi connectivity index (χ0) is 14.1. The van der Waals surface area contributed by atoms with Gasteiger partial charge in [-0.2, -0.15) is 0 Å². The quantitative estimate of drug-likeness (QED) is 0.501. The minimum Gasteiger partial charge on any atom is -0.463 e. The summed E-state index contributed by atoms with van der Waals surface area (Å²) in [6.45, 7) is 6.23. The average Bonchev–Trinajstić information content (AvgIpc) is 2.39. The minimum atomic E-state index is -0.0830. The van der Waals surface area contributed by atoms with E-state index in [0.29, 0.717) is 6.42 Å². The SMILES string of the molecule is CCCCCC(C)OC(=O)CC(C)c1ccccc1. The van der Waals surface area contributed by atoms with Gasteiger partial charge in [-0.3, -0.25) is 4.79 Å². The van der Waals surface area contributed by atoms with Crippen LogP contribution in [0.4, 0.5) is 0 Å². The molecule has 0 aliphatic rings. The highest BCUT2D eigenvalue weighted by molar-refractivity contribution is 5.70. The number of hydrogen-bond donors (Lipinski definition) is 0. The Balaban J connectivity index is 2.30. The molecular formula is C17H26O2. The van der Waals surface area contributed by atoms with Gasteiger partial charge >= 0.3 is 5.97 Å². The number of benzene rings is 1. The second-order valence-electron chi connectivity index (χ2n) is 5.31. The summed E-state index contributed by atoms with van der Waals surface area (Å²) in [6.07, 6.45) is 5.02. The molecule has 0 radical (unpaired) electrons. The van der Waals surface area contributed by atoms with Crippen molar-refractivity contribution in [3.63, 3.8) is 0 Å². The van der Waals surface area contributed by atoms with Gasteiger partial charge in [0.1, 0.15) is 0 Å². The molecule has 0 aromatic heterocycles. The molecular weight excluding hydrogens is 236 g/mol. The Morgan fingerprint density at radius 2 is 1.84 bits per heavy atom. The maximum Gasteiger partial charge on any atom is 0.306 e. The summed E-state index contributed by atoms with van der Waals surface area (Å²) in [5.74, 6) is 0.136. The van der Waals surface area contributed by atoms with Crippen molar-refractivity contribution in [2.75, 3.05) is 0 Å². The monoisotopic (exact) mass is 262 g/mol. The summed E-state index contributed by atoms with van der Waals surface area (Å²) in [6, 6.07) is 10.1. The van der Waals surface area contributed by atoms with Gasteiger partial charge in [0.15, 0.2) is 0 Å². The van der Waals surface area contributed by atoms with Gasteiger partial charge in [0.2, 0.25) is 0 Å². The van der Waals surface area contributed by atoms with Crippen molar-refractivity contribution < 1.29 is 9.53 Å². The summed E-state index contributed by atoms with van der Waals surface area (Å²) in [5.41, 5.74) is 1.19. The zero-order valence-electron chi connectivity index (χ0n) is 12.4. The third kappa shape index (κ3) is 6.42. The molecule has 2 unspecified atom stereocenters. The fourth-order valence-corrected chi connectivity index (χ4v) is 2.16. The fourth-order valence-electron chi connectivity index (χ4n) is 2.16. The van der Waals surface area contributed by atoms with Crippen molar-refractivity contribution in [3.8, 4) is 0 Å². The number of unbranched alkanes of at least 4 members (excludes halogenated alkanes) is 2. The summed E-state index contributed by atoms with van der Waals surface area (Å²) in [7, 11) is 0. The number of carbonyl (C=O) groups excluding carboxylic acids is 1. The Morgan fingerprint density at radius 1 is 1.16 bits per heavy atom. The molecule has 0 amide bonds. The molecule has 0 bridgehead atoms. The zero-order valence-corrected chi connectivity index (χ0v) is 12.4. The first kappa shape index (κ1) is 15.7. The van der Waals surface area contributed by atoms with Crippen LogP contribution in [0, 0.1) is 0 Å². The molecule has 0 saturated carbocycles. The van der Waals surface area contributed by atoms with Gasteiger partial charge in [-0.05, 0) is 31.2 Å². The lowest BCUT2D eigenvalue weighted by Gasteiger charge is -2.15. The second kappa shape index (κ2) is 8.73. The number of ether oxygens (including phenoxy) is 1. The molecule has 1 aromatic rings. The van der Waals surface area contributed by atoms with Crippen molar-refractivity contribution in [1.82, 2.24) is 0 Å². The fraction of sp³-hybridized carbons (Fsp3) is 0.588. The van der Waals surface area contributed by atoms with Gasteiger partial charge in [0.05, 0.1) is 12.5 Å². The van der Waals surface area contributed by atoms with Gasteiger partial charge in [0, 0.05) is 0 Å². The number of hydrogen-bond acceptors (Lipinski definition) is 2. The van der Waals surface area contributed by atoms with Crippen LogP contribution in [0.1, 0.15) is 64.4 Å². The van der Waals surface area contributed by atoms with E-state index in [1.807, 2.05) is 25.1 Å². The Kier molecular flexibility index (Phi) is 7.24. The second-order valence-corrected chi connectivity index (χ2v) is 5.31. The van der Waals surface area contributed by atoms with Crippen LogP contribution in [0.5, 0.6) is 0 Å². The Hall–Kier alpha value is -1.31. The first-order valence-corrected chi connectivity index (χ1v) is 7.38. The molecule has 0 spiro atoms. The third-order valence-electron chi connectivity index (χ3n) is 3.39.